The maximum atomic E-state index is 12.2. The molecule has 106 valence electrons. The number of hydrogen-bond acceptors (Lipinski definition) is 7. The van der Waals surface area contributed by atoms with Gasteiger partial charge in [-0.3, -0.25) is 5.43 Å². The van der Waals surface area contributed by atoms with E-state index in [2.05, 4.69) is 20.1 Å². The molecule has 0 aromatic carbocycles. The molecule has 2 atom stereocenters. The molecule has 2 unspecified atom stereocenters. The molecule has 19 heavy (non-hydrogen) atoms. The Morgan fingerprint density at radius 1 is 1.37 bits per heavy atom. The van der Waals surface area contributed by atoms with E-state index in [1.165, 1.54) is 12.4 Å². The lowest BCUT2D eigenvalue weighted by Crippen LogP contribution is -2.38. The van der Waals surface area contributed by atoms with E-state index >= 15 is 0 Å². The Labute approximate surface area is 116 Å². The smallest absolute Gasteiger partial charge is 0.243 e. The second-order valence-corrected chi connectivity index (χ2v) is 7.11. The molecule has 9 heteroatoms. The van der Waals surface area contributed by atoms with Gasteiger partial charge in [0.05, 0.1) is 12.4 Å². The van der Waals surface area contributed by atoms with E-state index in [1.54, 1.807) is 11.8 Å². The summed E-state index contributed by atoms with van der Waals surface area (Å²) >= 11 is 1.70. The summed E-state index contributed by atoms with van der Waals surface area (Å²) in [6.45, 7) is 0. The average molecular weight is 303 g/mol. The van der Waals surface area contributed by atoms with Crippen molar-refractivity contribution in [3.63, 3.8) is 0 Å². The second-order valence-electron chi connectivity index (χ2n) is 4.32. The number of nitrogens with zero attached hydrogens (tertiary/aromatic N) is 2. The lowest BCUT2D eigenvalue weighted by molar-refractivity contribution is 0.554. The highest BCUT2D eigenvalue weighted by Crippen LogP contribution is 2.29. The topological polar surface area (TPSA) is 110 Å². The van der Waals surface area contributed by atoms with Crippen molar-refractivity contribution in [1.29, 1.82) is 0 Å². The quantitative estimate of drug-likeness (QED) is 0.531. The zero-order valence-electron chi connectivity index (χ0n) is 10.5. The molecule has 7 nitrogen and oxygen atoms in total. The van der Waals surface area contributed by atoms with Crippen LogP contribution in [0.4, 0.5) is 5.95 Å². The summed E-state index contributed by atoms with van der Waals surface area (Å²) in [5, 5.41) is 0.334. The standard InChI is InChI=1S/C10H17N5O2S2/c1-18-9-4-2-3-8(9)15-19(16,17)7-5-12-10(14-11)13-6-7/h5-6,8-9,15H,2-4,11H2,1H3,(H,12,13,14). The van der Waals surface area contributed by atoms with E-state index in [0.29, 0.717) is 5.25 Å². The van der Waals surface area contributed by atoms with Gasteiger partial charge in [-0.15, -0.1) is 0 Å². The van der Waals surface area contributed by atoms with E-state index < -0.39 is 10.0 Å². The van der Waals surface area contributed by atoms with Crippen LogP contribution in [-0.2, 0) is 10.0 Å². The highest BCUT2D eigenvalue weighted by Gasteiger charge is 2.30. The maximum Gasteiger partial charge on any atom is 0.243 e. The van der Waals surface area contributed by atoms with Crippen LogP contribution in [0.25, 0.3) is 0 Å². The van der Waals surface area contributed by atoms with Gasteiger partial charge in [-0.25, -0.2) is 29.0 Å². The van der Waals surface area contributed by atoms with E-state index in [4.69, 9.17) is 5.84 Å². The van der Waals surface area contributed by atoms with Crippen LogP contribution in [-0.4, -0.2) is 35.9 Å². The molecule has 0 amide bonds. The van der Waals surface area contributed by atoms with Gasteiger partial charge in [0.15, 0.2) is 0 Å². The van der Waals surface area contributed by atoms with Crippen LogP contribution in [0.3, 0.4) is 0 Å². The monoisotopic (exact) mass is 303 g/mol. The minimum absolute atomic E-state index is 0.0210. The molecule has 0 spiro atoms. The van der Waals surface area contributed by atoms with Crippen LogP contribution >= 0.6 is 11.8 Å². The van der Waals surface area contributed by atoms with Crippen molar-refractivity contribution in [3.8, 4) is 0 Å². The van der Waals surface area contributed by atoms with Crippen LogP contribution in [0.5, 0.6) is 0 Å². The van der Waals surface area contributed by atoms with Gasteiger partial charge in [0, 0.05) is 11.3 Å². The van der Waals surface area contributed by atoms with Gasteiger partial charge < -0.3 is 0 Å². The summed E-state index contributed by atoms with van der Waals surface area (Å²) in [6.07, 6.45) is 7.45. The molecule has 4 N–H and O–H groups in total. The second kappa shape index (κ2) is 6.04. The van der Waals surface area contributed by atoms with Crippen LogP contribution in [0, 0.1) is 0 Å². The predicted molar refractivity (Wildman–Crippen MR) is 75.1 cm³/mol. The zero-order valence-corrected chi connectivity index (χ0v) is 12.2. The van der Waals surface area contributed by atoms with E-state index in [0.717, 1.165) is 19.3 Å². The van der Waals surface area contributed by atoms with E-state index in [-0.39, 0.29) is 16.9 Å². The molecule has 1 aliphatic carbocycles. The largest absolute Gasteiger partial charge is 0.292 e. The predicted octanol–water partition coefficient (Wildman–Crippen LogP) is 0.325. The van der Waals surface area contributed by atoms with Gasteiger partial charge >= 0.3 is 0 Å². The minimum Gasteiger partial charge on any atom is -0.292 e. The number of nitrogen functional groups attached to an aromatic ring is 1. The van der Waals surface area contributed by atoms with Crippen molar-refractivity contribution in [2.45, 2.75) is 35.4 Å². The first kappa shape index (κ1) is 14.5. The lowest BCUT2D eigenvalue weighted by Gasteiger charge is -2.18. The Kier molecular flexibility index (Phi) is 4.61. The van der Waals surface area contributed by atoms with Crippen LogP contribution in [0.1, 0.15) is 19.3 Å². The van der Waals surface area contributed by atoms with Crippen LogP contribution in [0.2, 0.25) is 0 Å². The Morgan fingerprint density at radius 2 is 2.05 bits per heavy atom. The molecular formula is C10H17N5O2S2. The number of anilines is 1. The number of aromatic nitrogens is 2. The molecule has 0 radical (unpaired) electrons. The average Bonchev–Trinajstić information content (AvgIpc) is 2.85. The Hall–Kier alpha value is -0.900. The van der Waals surface area contributed by atoms with Gasteiger partial charge in [-0.2, -0.15) is 11.8 Å². The summed E-state index contributed by atoms with van der Waals surface area (Å²) in [6, 6.07) is -0.0210. The minimum atomic E-state index is -3.57. The van der Waals surface area contributed by atoms with Gasteiger partial charge in [0.2, 0.25) is 16.0 Å². The van der Waals surface area contributed by atoms with E-state index in [9.17, 15) is 8.42 Å². The normalized spacial score (nSPS) is 23.5. The third-order valence-electron chi connectivity index (χ3n) is 3.13. The summed E-state index contributed by atoms with van der Waals surface area (Å²) in [5.74, 6) is 5.32. The fraction of sp³-hybridized carbons (Fsp3) is 0.600. The van der Waals surface area contributed by atoms with E-state index in [1.807, 2.05) is 6.26 Å². The fourth-order valence-electron chi connectivity index (χ4n) is 2.14. The summed E-state index contributed by atoms with van der Waals surface area (Å²) in [5.41, 5.74) is 2.25. The number of hydrogen-bond donors (Lipinski definition) is 3. The Balaban J connectivity index is 2.13. The Morgan fingerprint density at radius 3 is 2.63 bits per heavy atom. The summed E-state index contributed by atoms with van der Waals surface area (Å²) < 4.78 is 27.1. The molecule has 0 aliphatic heterocycles. The number of nitrogens with one attached hydrogen (secondary N) is 2. The third kappa shape index (κ3) is 3.35. The molecular weight excluding hydrogens is 286 g/mol. The zero-order chi connectivity index (χ0) is 13.9. The van der Waals surface area contributed by atoms with Crippen molar-refractivity contribution < 1.29 is 8.42 Å². The van der Waals surface area contributed by atoms with Gasteiger partial charge in [-0.05, 0) is 19.1 Å². The van der Waals surface area contributed by atoms with Crippen molar-refractivity contribution in [3.05, 3.63) is 12.4 Å². The van der Waals surface area contributed by atoms with Gasteiger partial charge in [0.1, 0.15) is 4.90 Å². The molecule has 1 saturated carbocycles. The first-order valence-electron chi connectivity index (χ1n) is 5.90. The molecule has 0 bridgehead atoms. The third-order valence-corrected chi connectivity index (χ3v) is 5.74. The first-order chi connectivity index (χ1) is 9.06. The molecule has 1 aliphatic rings. The van der Waals surface area contributed by atoms with Crippen molar-refractivity contribution >= 4 is 27.7 Å². The highest BCUT2D eigenvalue weighted by molar-refractivity contribution is 7.99. The Bertz CT molecular complexity index is 519. The molecule has 1 heterocycles. The summed E-state index contributed by atoms with van der Waals surface area (Å²) in [4.78, 5) is 7.67. The molecule has 0 saturated heterocycles. The van der Waals surface area contributed by atoms with Crippen molar-refractivity contribution in [2.24, 2.45) is 5.84 Å². The van der Waals surface area contributed by atoms with Gasteiger partial charge in [0.25, 0.3) is 0 Å². The molecule has 1 aromatic heterocycles. The fourth-order valence-corrected chi connectivity index (χ4v) is 4.36. The lowest BCUT2D eigenvalue weighted by atomic mass is 10.3. The highest BCUT2D eigenvalue weighted by atomic mass is 32.2. The van der Waals surface area contributed by atoms with Crippen LogP contribution < -0.4 is 16.0 Å². The number of nitrogens with two attached hydrogens (primary N) is 1. The van der Waals surface area contributed by atoms with Gasteiger partial charge in [-0.1, -0.05) is 6.42 Å². The number of sulfonamides is 1. The van der Waals surface area contributed by atoms with Crippen LogP contribution in [0.15, 0.2) is 17.3 Å². The first-order valence-corrected chi connectivity index (χ1v) is 8.67. The molecule has 2 rings (SSSR count). The number of thioether (sulfide) groups is 1. The van der Waals surface area contributed by atoms with Crippen molar-refractivity contribution in [2.75, 3.05) is 11.7 Å². The number of hydrazine groups is 1. The SMILES string of the molecule is CSC1CCCC1NS(=O)(=O)c1cnc(NN)nc1. The molecule has 1 fully saturated rings. The maximum absolute atomic E-state index is 12.2. The molecule has 1 aromatic rings. The number of rotatable bonds is 5. The summed E-state index contributed by atoms with van der Waals surface area (Å²) in [7, 11) is -3.57. The van der Waals surface area contributed by atoms with Crippen molar-refractivity contribution in [1.82, 2.24) is 14.7 Å².